The molecule has 0 N–H and O–H groups in total. The number of benzene rings is 3. The summed E-state index contributed by atoms with van der Waals surface area (Å²) in [4.78, 5) is 18.4. The average molecular weight is 896 g/mol. The van der Waals surface area contributed by atoms with Gasteiger partial charge < -0.3 is 18.9 Å². The highest BCUT2D eigenvalue weighted by molar-refractivity contribution is 5.92. The third kappa shape index (κ3) is 28.1. The van der Waals surface area contributed by atoms with E-state index in [9.17, 15) is 4.79 Å². The van der Waals surface area contributed by atoms with Crippen molar-refractivity contribution in [2.24, 2.45) is 4.99 Å². The predicted octanol–water partition coefficient (Wildman–Crippen LogP) is 18.7. The molecule has 0 aliphatic rings. The molecule has 3 rings (SSSR count). The van der Waals surface area contributed by atoms with Gasteiger partial charge in [0.25, 0.3) is 0 Å². The van der Waals surface area contributed by atoms with Crippen LogP contribution in [0.2, 0.25) is 0 Å². The van der Waals surface area contributed by atoms with Crippen molar-refractivity contribution < 1.29 is 23.7 Å². The summed E-state index contributed by atoms with van der Waals surface area (Å²) in [6.07, 6.45) is 44.0. The second-order valence-electron chi connectivity index (χ2n) is 18.5. The molecule has 0 bridgehead atoms. The number of esters is 1. The number of ether oxygens (including phenoxy) is 4. The normalized spacial score (nSPS) is 11.4. The van der Waals surface area contributed by atoms with Gasteiger partial charge in [0.05, 0.1) is 31.1 Å². The first-order valence-electron chi connectivity index (χ1n) is 27.1. The number of hydrogen-bond donors (Lipinski definition) is 0. The lowest BCUT2D eigenvalue weighted by Crippen LogP contribution is -2.12. The number of unbranched alkanes of at least 4 members (excludes halogenated alkanes) is 30. The summed E-state index contributed by atoms with van der Waals surface area (Å²) in [6.45, 7) is 8.55. The zero-order chi connectivity index (χ0) is 46.1. The molecule has 0 saturated heterocycles. The van der Waals surface area contributed by atoms with Crippen LogP contribution in [0.3, 0.4) is 0 Å². The lowest BCUT2D eigenvalue weighted by Gasteiger charge is -2.19. The first-order chi connectivity index (χ1) is 32.1. The molecule has 6 heteroatoms. The first kappa shape index (κ1) is 55.5. The highest BCUT2D eigenvalue weighted by Crippen LogP contribution is 2.40. The van der Waals surface area contributed by atoms with Crippen LogP contribution in [0.1, 0.15) is 249 Å². The van der Waals surface area contributed by atoms with E-state index in [-0.39, 0.29) is 0 Å². The number of carbonyl (C=O) groups is 1. The zero-order valence-corrected chi connectivity index (χ0v) is 41.9. The van der Waals surface area contributed by atoms with Gasteiger partial charge in [-0.15, -0.1) is 0 Å². The van der Waals surface area contributed by atoms with E-state index in [4.69, 9.17) is 18.9 Å². The van der Waals surface area contributed by atoms with E-state index in [0.29, 0.717) is 48.4 Å². The fraction of sp³-hybridized carbons (Fsp3) is 0.661. The van der Waals surface area contributed by atoms with Crippen molar-refractivity contribution in [1.82, 2.24) is 0 Å². The Bertz CT molecular complexity index is 1540. The van der Waals surface area contributed by atoms with E-state index in [1.807, 2.05) is 48.7 Å². The summed E-state index contributed by atoms with van der Waals surface area (Å²) >= 11 is 0. The van der Waals surface area contributed by atoms with Crippen molar-refractivity contribution in [1.29, 1.82) is 0 Å². The summed E-state index contributed by atoms with van der Waals surface area (Å²) in [5.41, 5.74) is 2.20. The number of hydrogen-bond acceptors (Lipinski definition) is 6. The molecule has 0 aliphatic heterocycles. The zero-order valence-electron chi connectivity index (χ0n) is 41.9. The average Bonchev–Trinajstić information content (AvgIpc) is 3.33. The Morgan fingerprint density at radius 1 is 0.431 bits per heavy atom. The van der Waals surface area contributed by atoms with Crippen molar-refractivity contribution in [2.75, 3.05) is 19.8 Å². The topological polar surface area (TPSA) is 66.4 Å². The van der Waals surface area contributed by atoms with Gasteiger partial charge in [-0.2, -0.15) is 0 Å². The maximum atomic E-state index is 13.8. The van der Waals surface area contributed by atoms with E-state index < -0.39 is 5.97 Å². The fourth-order valence-electron chi connectivity index (χ4n) is 8.34. The third-order valence-corrected chi connectivity index (χ3v) is 12.5. The van der Waals surface area contributed by atoms with Gasteiger partial charge in [0.15, 0.2) is 11.5 Å². The minimum atomic E-state index is -0.457. The molecule has 364 valence electrons. The minimum absolute atomic E-state index is 0.390. The Morgan fingerprint density at radius 3 is 1.17 bits per heavy atom. The fourth-order valence-corrected chi connectivity index (χ4v) is 8.34. The van der Waals surface area contributed by atoms with E-state index in [2.05, 4.69) is 25.8 Å². The highest BCUT2D eigenvalue weighted by Gasteiger charge is 2.21. The van der Waals surface area contributed by atoms with Crippen molar-refractivity contribution >= 4 is 17.9 Å². The molecule has 0 aromatic heterocycles. The lowest BCUT2D eigenvalue weighted by atomic mass is 10.1. The van der Waals surface area contributed by atoms with E-state index in [1.54, 1.807) is 24.3 Å². The van der Waals surface area contributed by atoms with Gasteiger partial charge in [-0.1, -0.05) is 244 Å². The van der Waals surface area contributed by atoms with Gasteiger partial charge >= 0.3 is 5.97 Å². The molecule has 0 fully saturated rings. The quantitative estimate of drug-likeness (QED) is 0.0245. The van der Waals surface area contributed by atoms with Crippen LogP contribution < -0.4 is 18.9 Å². The van der Waals surface area contributed by atoms with Gasteiger partial charge in [-0.05, 0) is 61.2 Å². The lowest BCUT2D eigenvalue weighted by molar-refractivity contribution is 0.0733. The van der Waals surface area contributed by atoms with E-state index in [1.165, 1.54) is 173 Å². The van der Waals surface area contributed by atoms with Crippen LogP contribution in [0.4, 0.5) is 5.69 Å². The molecule has 0 unspecified atom stereocenters. The molecule has 6 nitrogen and oxygen atoms in total. The van der Waals surface area contributed by atoms with Gasteiger partial charge in [0.2, 0.25) is 5.75 Å². The van der Waals surface area contributed by atoms with Crippen LogP contribution in [0.25, 0.3) is 0 Å². The minimum Gasteiger partial charge on any atom is -0.490 e. The van der Waals surface area contributed by atoms with Gasteiger partial charge in [-0.25, -0.2) is 4.79 Å². The maximum Gasteiger partial charge on any atom is 0.343 e. The summed E-state index contributed by atoms with van der Waals surface area (Å²) in [6, 6.07) is 20.9. The predicted molar refractivity (Wildman–Crippen MR) is 277 cm³/mol. The van der Waals surface area contributed by atoms with Gasteiger partial charge in [0, 0.05) is 6.21 Å². The summed E-state index contributed by atoms with van der Waals surface area (Å²) in [5, 5.41) is 0. The second kappa shape index (κ2) is 39.4. The molecular formula is C59H93NO5. The highest BCUT2D eigenvalue weighted by atomic mass is 16.5. The van der Waals surface area contributed by atoms with E-state index in [0.717, 1.165) is 49.8 Å². The molecule has 3 aromatic carbocycles. The molecule has 3 aromatic rings. The molecule has 65 heavy (non-hydrogen) atoms. The summed E-state index contributed by atoms with van der Waals surface area (Å²) < 4.78 is 25.6. The Kier molecular flexibility index (Phi) is 33.6. The van der Waals surface area contributed by atoms with Crippen molar-refractivity contribution in [3.05, 3.63) is 77.9 Å². The molecule has 0 saturated carbocycles. The molecule has 0 spiro atoms. The van der Waals surface area contributed by atoms with Crippen LogP contribution in [0.5, 0.6) is 23.0 Å². The Balaban J connectivity index is 1.65. The molecule has 0 radical (unpaired) electrons. The van der Waals surface area contributed by atoms with Gasteiger partial charge in [-0.3, -0.25) is 4.99 Å². The van der Waals surface area contributed by atoms with Crippen molar-refractivity contribution in [2.45, 2.75) is 233 Å². The first-order valence-corrected chi connectivity index (χ1v) is 27.1. The van der Waals surface area contributed by atoms with E-state index >= 15 is 0 Å². The van der Waals surface area contributed by atoms with Crippen LogP contribution in [-0.4, -0.2) is 32.0 Å². The molecule has 0 aliphatic carbocycles. The Labute approximate surface area is 398 Å². The largest absolute Gasteiger partial charge is 0.490 e. The number of rotatable bonds is 43. The van der Waals surface area contributed by atoms with Gasteiger partial charge in [0.1, 0.15) is 5.75 Å². The summed E-state index contributed by atoms with van der Waals surface area (Å²) in [5.74, 6) is 1.74. The second-order valence-corrected chi connectivity index (χ2v) is 18.5. The third-order valence-electron chi connectivity index (χ3n) is 12.5. The number of aliphatic imine (C=N–C) groups is 1. The Hall–Kier alpha value is -3.80. The molecule has 0 atom stereocenters. The van der Waals surface area contributed by atoms with Crippen LogP contribution in [0.15, 0.2) is 71.7 Å². The van der Waals surface area contributed by atoms with Crippen LogP contribution in [-0.2, 0) is 0 Å². The molecule has 0 heterocycles. The van der Waals surface area contributed by atoms with Crippen molar-refractivity contribution in [3.8, 4) is 23.0 Å². The molecule has 0 amide bonds. The monoisotopic (exact) mass is 896 g/mol. The van der Waals surface area contributed by atoms with Crippen molar-refractivity contribution in [3.63, 3.8) is 0 Å². The number of nitrogens with zero attached hydrogens (tertiary/aromatic N) is 1. The maximum absolute atomic E-state index is 13.8. The molecular weight excluding hydrogens is 803 g/mol. The summed E-state index contributed by atoms with van der Waals surface area (Å²) in [7, 11) is 0. The smallest absolute Gasteiger partial charge is 0.343 e. The Morgan fingerprint density at radius 2 is 0.785 bits per heavy atom. The van der Waals surface area contributed by atoms with Crippen LogP contribution in [0, 0.1) is 0 Å². The SMILES string of the molecule is CCCCCCCCCCCCCOc1cc(C(=O)Oc2ccc(N=Cc3ccccc3)cc2)cc(OCCCCCCCCCCCCC)c1OCCCCCCCCCCCCC. The standard InChI is InChI=1S/C59H93NO5/c1-4-7-10-13-16-19-22-25-28-31-37-46-62-56-49-53(59(61)65-55-44-42-54(43-45-55)60-51-52-40-35-34-36-41-52)50-57(63-47-38-32-29-26-23-20-17-14-11-8-5-2)58(56)64-48-39-33-30-27-24-21-18-15-12-9-6-3/h34-36,40-45,49-51H,4-33,37-39,46-48H2,1-3H3. The van der Waals surface area contributed by atoms with Crippen LogP contribution >= 0.6 is 0 Å². The number of carbonyl (C=O) groups excluding carboxylic acids is 1.